The summed E-state index contributed by atoms with van der Waals surface area (Å²) in [5.74, 6) is 0.0418. The van der Waals surface area contributed by atoms with Crippen LogP contribution in [0.2, 0.25) is 0 Å². The second kappa shape index (κ2) is 8.19. The van der Waals surface area contributed by atoms with Gasteiger partial charge >= 0.3 is 5.97 Å². The van der Waals surface area contributed by atoms with E-state index in [0.717, 1.165) is 11.8 Å². The number of carboxylic acids is 1. The summed E-state index contributed by atoms with van der Waals surface area (Å²) < 4.78 is 10.8. The number of hydrogen-bond acceptors (Lipinski definition) is 6. The molecule has 0 atom stereocenters. The first-order chi connectivity index (χ1) is 11.1. The van der Waals surface area contributed by atoms with Crippen molar-refractivity contribution < 1.29 is 19.1 Å². The Labute approximate surface area is 137 Å². The van der Waals surface area contributed by atoms with Crippen LogP contribution in [0.4, 0.5) is 0 Å². The summed E-state index contributed by atoms with van der Waals surface area (Å²) >= 11 is 0.916. The van der Waals surface area contributed by atoms with Gasteiger partial charge in [-0.05, 0) is 35.5 Å². The lowest BCUT2D eigenvalue weighted by atomic mass is 10.2. The Morgan fingerprint density at radius 2 is 2.30 bits per heavy atom. The van der Waals surface area contributed by atoms with Crippen LogP contribution in [0, 0.1) is 0 Å². The molecule has 0 aliphatic carbocycles. The van der Waals surface area contributed by atoms with Crippen LogP contribution in [0.5, 0.6) is 5.75 Å². The average Bonchev–Trinajstić information content (AvgIpc) is 3.00. The third-order valence-corrected chi connectivity index (χ3v) is 3.53. The van der Waals surface area contributed by atoms with E-state index in [4.69, 9.17) is 9.15 Å². The molecule has 0 fully saturated rings. The standard InChI is InChI=1S/C16H16N2O4S/c1-3-8-21-12-7-5-6-11(9-12)10-13(15(19)20)23-16-18-17-14(4-2)22-16/h3,5-7,9-10H,1,4,8H2,2H3,(H,19,20)/b13-10-. The number of benzene rings is 1. The zero-order valence-electron chi connectivity index (χ0n) is 12.6. The fraction of sp³-hybridized carbons (Fsp3) is 0.188. The first kappa shape index (κ1) is 16.8. The summed E-state index contributed by atoms with van der Waals surface area (Å²) in [7, 11) is 0. The van der Waals surface area contributed by atoms with E-state index in [-0.39, 0.29) is 10.1 Å². The highest BCUT2D eigenvalue weighted by Gasteiger charge is 2.14. The number of aliphatic carboxylic acids is 1. The van der Waals surface area contributed by atoms with Gasteiger partial charge in [0.2, 0.25) is 5.89 Å². The zero-order valence-corrected chi connectivity index (χ0v) is 13.4. The lowest BCUT2D eigenvalue weighted by Gasteiger charge is -2.04. The SMILES string of the molecule is C=CCOc1cccc(/C=C(\Sc2nnc(CC)o2)C(=O)O)c1. The molecule has 2 aromatic rings. The molecular formula is C16H16N2O4S. The molecule has 0 unspecified atom stereocenters. The lowest BCUT2D eigenvalue weighted by Crippen LogP contribution is -1.97. The van der Waals surface area contributed by atoms with E-state index < -0.39 is 5.97 Å². The molecule has 1 N–H and O–H groups in total. The van der Waals surface area contributed by atoms with E-state index in [0.29, 0.717) is 30.2 Å². The summed E-state index contributed by atoms with van der Waals surface area (Å²) in [6.45, 7) is 5.85. The number of aryl methyl sites for hydroxylation is 1. The third-order valence-electron chi connectivity index (χ3n) is 2.68. The Kier molecular flexibility index (Phi) is 5.99. The minimum atomic E-state index is -1.07. The topological polar surface area (TPSA) is 85.5 Å². The number of carbonyl (C=O) groups is 1. The highest BCUT2D eigenvalue weighted by molar-refractivity contribution is 8.03. The van der Waals surface area contributed by atoms with Crippen molar-refractivity contribution in [3.8, 4) is 5.75 Å². The largest absolute Gasteiger partial charge is 0.490 e. The van der Waals surface area contributed by atoms with Gasteiger partial charge in [0.1, 0.15) is 17.3 Å². The average molecular weight is 332 g/mol. The molecule has 1 heterocycles. The van der Waals surface area contributed by atoms with Crippen LogP contribution in [0.15, 0.2) is 51.5 Å². The van der Waals surface area contributed by atoms with Gasteiger partial charge in [0.25, 0.3) is 5.22 Å². The molecule has 7 heteroatoms. The monoisotopic (exact) mass is 332 g/mol. The molecular weight excluding hydrogens is 316 g/mol. The number of nitrogens with zero attached hydrogens (tertiary/aromatic N) is 2. The molecule has 0 amide bonds. The zero-order chi connectivity index (χ0) is 16.7. The molecule has 0 spiro atoms. The van der Waals surface area contributed by atoms with Crippen LogP contribution in [-0.4, -0.2) is 27.9 Å². The summed E-state index contributed by atoms with van der Waals surface area (Å²) in [5, 5.41) is 17.2. The molecule has 23 heavy (non-hydrogen) atoms. The van der Waals surface area contributed by atoms with E-state index >= 15 is 0 Å². The van der Waals surface area contributed by atoms with E-state index in [1.165, 1.54) is 6.08 Å². The van der Waals surface area contributed by atoms with Crippen molar-refractivity contribution in [1.82, 2.24) is 10.2 Å². The summed E-state index contributed by atoms with van der Waals surface area (Å²) in [5.41, 5.74) is 0.701. The quantitative estimate of drug-likeness (QED) is 0.450. The van der Waals surface area contributed by atoms with E-state index in [9.17, 15) is 9.90 Å². The van der Waals surface area contributed by atoms with Crippen molar-refractivity contribution in [2.24, 2.45) is 0 Å². The molecule has 0 aliphatic heterocycles. The molecule has 0 saturated heterocycles. The van der Waals surface area contributed by atoms with Crippen LogP contribution in [0.25, 0.3) is 6.08 Å². The fourth-order valence-electron chi connectivity index (χ4n) is 1.65. The minimum Gasteiger partial charge on any atom is -0.490 e. The maximum atomic E-state index is 11.4. The van der Waals surface area contributed by atoms with Crippen molar-refractivity contribution in [2.45, 2.75) is 18.6 Å². The van der Waals surface area contributed by atoms with E-state index in [2.05, 4.69) is 16.8 Å². The van der Waals surface area contributed by atoms with Crippen LogP contribution in [0.1, 0.15) is 18.4 Å². The van der Waals surface area contributed by atoms with E-state index in [1.807, 2.05) is 6.92 Å². The summed E-state index contributed by atoms with van der Waals surface area (Å²) in [6.07, 6.45) is 3.77. The van der Waals surface area contributed by atoms with Crippen molar-refractivity contribution >= 4 is 23.8 Å². The molecule has 0 radical (unpaired) electrons. The first-order valence-electron chi connectivity index (χ1n) is 6.91. The molecule has 0 bridgehead atoms. The predicted molar refractivity (Wildman–Crippen MR) is 87.3 cm³/mol. The van der Waals surface area contributed by atoms with Gasteiger partial charge in [0, 0.05) is 6.42 Å². The number of hydrogen-bond donors (Lipinski definition) is 1. The number of ether oxygens (including phenoxy) is 1. The Hall–Kier alpha value is -2.54. The number of thioether (sulfide) groups is 1. The van der Waals surface area contributed by atoms with Gasteiger partial charge in [-0.3, -0.25) is 0 Å². The molecule has 6 nitrogen and oxygen atoms in total. The van der Waals surface area contributed by atoms with Gasteiger partial charge in [-0.25, -0.2) is 4.79 Å². The van der Waals surface area contributed by atoms with Gasteiger partial charge in [0.15, 0.2) is 0 Å². The Morgan fingerprint density at radius 3 is 2.96 bits per heavy atom. The normalized spacial score (nSPS) is 11.3. The molecule has 2 rings (SSSR count). The van der Waals surface area contributed by atoms with Gasteiger partial charge in [0.05, 0.1) is 0 Å². The number of aromatic nitrogens is 2. The third kappa shape index (κ3) is 5.00. The maximum Gasteiger partial charge on any atom is 0.342 e. The summed E-state index contributed by atoms with van der Waals surface area (Å²) in [6, 6.07) is 7.12. The van der Waals surface area contributed by atoms with Gasteiger partial charge in [-0.1, -0.05) is 31.7 Å². The fourth-order valence-corrected chi connectivity index (χ4v) is 2.34. The second-order valence-corrected chi connectivity index (χ2v) is 5.40. The number of carboxylic acid groups (broad SMARTS) is 1. The van der Waals surface area contributed by atoms with Gasteiger partial charge in [-0.2, -0.15) is 0 Å². The molecule has 120 valence electrons. The second-order valence-electron chi connectivity index (χ2n) is 4.40. The van der Waals surface area contributed by atoms with Gasteiger partial charge < -0.3 is 14.3 Å². The van der Waals surface area contributed by atoms with Crippen LogP contribution in [-0.2, 0) is 11.2 Å². The Bertz CT molecular complexity index is 724. The molecule has 1 aromatic heterocycles. The maximum absolute atomic E-state index is 11.4. The van der Waals surface area contributed by atoms with Gasteiger partial charge in [-0.15, -0.1) is 10.2 Å². The first-order valence-corrected chi connectivity index (χ1v) is 7.73. The van der Waals surface area contributed by atoms with Crippen LogP contribution < -0.4 is 4.74 Å². The smallest absolute Gasteiger partial charge is 0.342 e. The molecule has 0 aliphatic rings. The Balaban J connectivity index is 2.20. The highest BCUT2D eigenvalue weighted by atomic mass is 32.2. The molecule has 0 saturated carbocycles. The highest BCUT2D eigenvalue weighted by Crippen LogP contribution is 2.28. The lowest BCUT2D eigenvalue weighted by molar-refractivity contribution is -0.131. The van der Waals surface area contributed by atoms with Crippen molar-refractivity contribution in [3.05, 3.63) is 53.3 Å². The number of rotatable bonds is 8. The minimum absolute atomic E-state index is 0.0807. The van der Waals surface area contributed by atoms with Crippen LogP contribution >= 0.6 is 11.8 Å². The van der Waals surface area contributed by atoms with Crippen molar-refractivity contribution in [3.63, 3.8) is 0 Å². The van der Waals surface area contributed by atoms with Crippen molar-refractivity contribution in [2.75, 3.05) is 6.61 Å². The molecule has 1 aromatic carbocycles. The van der Waals surface area contributed by atoms with Crippen molar-refractivity contribution in [1.29, 1.82) is 0 Å². The van der Waals surface area contributed by atoms with Crippen LogP contribution in [0.3, 0.4) is 0 Å². The summed E-state index contributed by atoms with van der Waals surface area (Å²) in [4.78, 5) is 11.5. The predicted octanol–water partition coefficient (Wildman–Crippen LogP) is 3.41. The Morgan fingerprint density at radius 1 is 1.48 bits per heavy atom. The van der Waals surface area contributed by atoms with E-state index in [1.54, 1.807) is 30.3 Å².